The number of ether oxygens (including phenoxy) is 1. The van der Waals surface area contributed by atoms with E-state index in [9.17, 15) is 4.79 Å². The zero-order chi connectivity index (χ0) is 23.7. The maximum Gasteiger partial charge on any atom is 0.273 e. The molecule has 1 unspecified atom stereocenters. The van der Waals surface area contributed by atoms with Crippen molar-refractivity contribution in [1.29, 1.82) is 0 Å². The number of halogens is 1. The number of primary amides is 1. The molecular weight excluding hydrogens is 454 g/mol. The highest BCUT2D eigenvalue weighted by molar-refractivity contribution is 6.30. The summed E-state index contributed by atoms with van der Waals surface area (Å²) in [6.45, 7) is 2.05. The van der Waals surface area contributed by atoms with E-state index in [2.05, 4.69) is 42.8 Å². The highest BCUT2D eigenvalue weighted by Gasteiger charge is 2.29. The Hall–Kier alpha value is -3.43. The Morgan fingerprint density at radius 2 is 2.06 bits per heavy atom. The molecule has 2 aromatic carbocycles. The number of benzene rings is 2. The third-order valence-electron chi connectivity index (χ3n) is 6.35. The van der Waals surface area contributed by atoms with Crippen molar-refractivity contribution < 1.29 is 9.53 Å². The van der Waals surface area contributed by atoms with Gasteiger partial charge in [-0.25, -0.2) is 0 Å². The molecule has 3 heterocycles. The molecule has 4 N–H and O–H groups in total. The monoisotopic (exact) mass is 479 g/mol. The SMILES string of the molecule is COc1cc2c(cc1Nc1nnc(C(N)=O)c(Nc3cccc(Cl)c3)n1)CN1CCCCC1C2. The fraction of sp³-hybridized carbons (Fsp3) is 0.333. The molecule has 1 aromatic heterocycles. The molecule has 34 heavy (non-hydrogen) atoms. The van der Waals surface area contributed by atoms with Crippen LogP contribution in [0.2, 0.25) is 5.02 Å². The van der Waals surface area contributed by atoms with Gasteiger partial charge in [0.1, 0.15) is 5.75 Å². The minimum Gasteiger partial charge on any atom is -0.495 e. The second-order valence-corrected chi connectivity index (χ2v) is 9.04. The molecule has 0 radical (unpaired) electrons. The summed E-state index contributed by atoms with van der Waals surface area (Å²) in [7, 11) is 1.64. The lowest BCUT2D eigenvalue weighted by molar-refractivity contribution is 0.0995. The predicted molar refractivity (Wildman–Crippen MR) is 131 cm³/mol. The fourth-order valence-corrected chi connectivity index (χ4v) is 4.89. The zero-order valence-corrected chi connectivity index (χ0v) is 19.6. The highest BCUT2D eigenvalue weighted by Crippen LogP contribution is 2.36. The number of aromatic nitrogens is 3. The minimum atomic E-state index is -0.737. The highest BCUT2D eigenvalue weighted by atomic mass is 35.5. The van der Waals surface area contributed by atoms with Crippen molar-refractivity contribution in [3.8, 4) is 5.75 Å². The largest absolute Gasteiger partial charge is 0.495 e. The summed E-state index contributed by atoms with van der Waals surface area (Å²) >= 11 is 6.08. The second kappa shape index (κ2) is 9.44. The Labute approximate surface area is 202 Å². The van der Waals surface area contributed by atoms with Crippen LogP contribution in [-0.4, -0.2) is 45.7 Å². The van der Waals surface area contributed by atoms with Crippen LogP contribution < -0.4 is 21.1 Å². The number of carbonyl (C=O) groups is 1. The van der Waals surface area contributed by atoms with Gasteiger partial charge >= 0.3 is 0 Å². The molecule has 10 heteroatoms. The van der Waals surface area contributed by atoms with Crippen molar-refractivity contribution >= 4 is 40.6 Å². The maximum atomic E-state index is 11.9. The van der Waals surface area contributed by atoms with E-state index in [0.29, 0.717) is 22.5 Å². The Kier molecular flexibility index (Phi) is 6.21. The first-order valence-corrected chi connectivity index (χ1v) is 11.7. The number of nitrogens with two attached hydrogens (primary N) is 1. The third kappa shape index (κ3) is 4.62. The van der Waals surface area contributed by atoms with E-state index >= 15 is 0 Å². The van der Waals surface area contributed by atoms with Gasteiger partial charge in [-0.15, -0.1) is 10.2 Å². The van der Waals surface area contributed by atoms with Crippen LogP contribution in [0.1, 0.15) is 40.9 Å². The number of hydrogen-bond donors (Lipinski definition) is 3. The smallest absolute Gasteiger partial charge is 0.273 e. The van der Waals surface area contributed by atoms with Crippen LogP contribution >= 0.6 is 11.6 Å². The van der Waals surface area contributed by atoms with Crippen molar-refractivity contribution in [2.75, 3.05) is 24.3 Å². The zero-order valence-electron chi connectivity index (χ0n) is 18.8. The van der Waals surface area contributed by atoms with E-state index in [-0.39, 0.29) is 17.5 Å². The molecule has 2 aliphatic rings. The van der Waals surface area contributed by atoms with E-state index in [1.54, 1.807) is 31.4 Å². The number of anilines is 4. The summed E-state index contributed by atoms with van der Waals surface area (Å²) in [5.41, 5.74) is 9.37. The lowest BCUT2D eigenvalue weighted by Crippen LogP contribution is -2.43. The lowest BCUT2D eigenvalue weighted by Gasteiger charge is -2.40. The number of rotatable bonds is 6. The third-order valence-corrected chi connectivity index (χ3v) is 6.59. The van der Waals surface area contributed by atoms with Gasteiger partial charge in [0.2, 0.25) is 5.95 Å². The molecular formula is C24H26ClN7O2. The number of nitrogens with zero attached hydrogens (tertiary/aromatic N) is 4. The van der Waals surface area contributed by atoms with Crippen molar-refractivity contribution in [1.82, 2.24) is 20.1 Å². The van der Waals surface area contributed by atoms with Gasteiger partial charge in [-0.2, -0.15) is 4.98 Å². The van der Waals surface area contributed by atoms with Crippen LogP contribution in [0.25, 0.3) is 0 Å². The summed E-state index contributed by atoms with van der Waals surface area (Å²) in [6, 6.07) is 11.8. The summed E-state index contributed by atoms with van der Waals surface area (Å²) < 4.78 is 5.66. The van der Waals surface area contributed by atoms with Gasteiger partial charge in [0.25, 0.3) is 5.91 Å². The number of carbonyl (C=O) groups excluding carboxylic acids is 1. The molecule has 0 saturated carbocycles. The van der Waals surface area contributed by atoms with Gasteiger partial charge in [0.05, 0.1) is 12.8 Å². The van der Waals surface area contributed by atoms with Crippen LogP contribution in [0.4, 0.5) is 23.1 Å². The average molecular weight is 480 g/mol. The predicted octanol–water partition coefficient (Wildman–Crippen LogP) is 4.03. The van der Waals surface area contributed by atoms with Crippen molar-refractivity contribution in [3.63, 3.8) is 0 Å². The maximum absolute atomic E-state index is 11.9. The van der Waals surface area contributed by atoms with Gasteiger partial charge in [-0.1, -0.05) is 24.1 Å². The fourth-order valence-electron chi connectivity index (χ4n) is 4.70. The van der Waals surface area contributed by atoms with Gasteiger partial charge in [-0.05, 0) is 67.3 Å². The quantitative estimate of drug-likeness (QED) is 0.485. The van der Waals surface area contributed by atoms with Gasteiger partial charge in [0.15, 0.2) is 11.5 Å². The molecule has 1 amide bonds. The number of methoxy groups -OCH3 is 1. The number of nitrogens with one attached hydrogen (secondary N) is 2. The molecule has 0 bridgehead atoms. The molecule has 1 atom stereocenters. The Morgan fingerprint density at radius 3 is 2.85 bits per heavy atom. The van der Waals surface area contributed by atoms with E-state index in [1.807, 2.05) is 0 Å². The summed E-state index contributed by atoms with van der Waals surface area (Å²) in [5.74, 6) is 0.355. The molecule has 1 saturated heterocycles. The molecule has 9 nitrogen and oxygen atoms in total. The Bertz CT molecular complexity index is 1240. The van der Waals surface area contributed by atoms with Crippen LogP contribution in [0, 0.1) is 0 Å². The average Bonchev–Trinajstić information content (AvgIpc) is 2.82. The van der Waals surface area contributed by atoms with E-state index in [4.69, 9.17) is 22.1 Å². The standard InChI is InChI=1S/C24H26ClN7O2/c1-34-20-11-14-9-18-7-2-3-8-32(18)13-15(14)10-19(20)28-24-29-23(21(22(26)33)30-31-24)27-17-6-4-5-16(25)12-17/h4-6,10-12,18H,2-3,7-9,13H2,1H3,(H2,26,33)(H2,27,28,29,31). The number of hydrogen-bond acceptors (Lipinski definition) is 8. The molecule has 3 aromatic rings. The molecule has 1 fully saturated rings. The van der Waals surface area contributed by atoms with E-state index in [0.717, 1.165) is 25.2 Å². The van der Waals surface area contributed by atoms with Gasteiger partial charge in [-0.3, -0.25) is 9.69 Å². The van der Waals surface area contributed by atoms with E-state index < -0.39 is 5.91 Å². The van der Waals surface area contributed by atoms with Crippen LogP contribution in [0.3, 0.4) is 0 Å². The number of piperidine rings is 1. The normalized spacial score (nSPS) is 17.4. The molecule has 5 rings (SSSR count). The molecule has 2 aliphatic heterocycles. The van der Waals surface area contributed by atoms with Crippen LogP contribution in [-0.2, 0) is 13.0 Å². The second-order valence-electron chi connectivity index (χ2n) is 8.60. The molecule has 0 spiro atoms. The number of fused-ring (bicyclic) bond motifs is 2. The molecule has 176 valence electrons. The number of amides is 1. The Morgan fingerprint density at radius 1 is 1.18 bits per heavy atom. The first-order valence-electron chi connectivity index (χ1n) is 11.3. The van der Waals surface area contributed by atoms with Gasteiger partial charge < -0.3 is 21.1 Å². The minimum absolute atomic E-state index is 0.0703. The summed E-state index contributed by atoms with van der Waals surface area (Å²) in [5, 5.41) is 14.9. The first kappa shape index (κ1) is 22.4. The van der Waals surface area contributed by atoms with E-state index in [1.165, 1.54) is 30.4 Å². The van der Waals surface area contributed by atoms with Crippen molar-refractivity contribution in [2.45, 2.75) is 38.3 Å². The summed E-state index contributed by atoms with van der Waals surface area (Å²) in [4.78, 5) is 18.9. The van der Waals surface area contributed by atoms with Crippen molar-refractivity contribution in [2.24, 2.45) is 5.73 Å². The van der Waals surface area contributed by atoms with Gasteiger partial charge in [0, 0.05) is 23.3 Å². The van der Waals surface area contributed by atoms with Crippen LogP contribution in [0.5, 0.6) is 5.75 Å². The van der Waals surface area contributed by atoms with Crippen LogP contribution in [0.15, 0.2) is 36.4 Å². The van der Waals surface area contributed by atoms with Crippen molar-refractivity contribution in [3.05, 3.63) is 58.2 Å². The Balaban J connectivity index is 1.45. The topological polar surface area (TPSA) is 118 Å². The first-order chi connectivity index (χ1) is 16.5. The molecule has 0 aliphatic carbocycles. The lowest BCUT2D eigenvalue weighted by atomic mass is 9.88. The summed E-state index contributed by atoms with van der Waals surface area (Å²) in [6.07, 6.45) is 4.83.